The second-order valence-electron chi connectivity index (χ2n) is 2.56. The van der Waals surface area contributed by atoms with Gasteiger partial charge in [0.25, 0.3) is 0 Å². The van der Waals surface area contributed by atoms with Gasteiger partial charge in [-0.1, -0.05) is 34.1 Å². The largest absolute Gasteiger partial charge is 0.315 e. The van der Waals surface area contributed by atoms with E-state index >= 15 is 0 Å². The van der Waals surface area contributed by atoms with Crippen LogP contribution in [0, 0.1) is 0 Å². The van der Waals surface area contributed by atoms with Crippen molar-refractivity contribution < 1.29 is 0 Å². The molecule has 0 saturated carbocycles. The van der Waals surface area contributed by atoms with Crippen molar-refractivity contribution in [3.63, 3.8) is 0 Å². The highest BCUT2D eigenvalue weighted by molar-refractivity contribution is 4.57. The molecule has 1 rings (SSSR count). The summed E-state index contributed by atoms with van der Waals surface area (Å²) in [5, 5.41) is 6.57. The van der Waals surface area contributed by atoms with Gasteiger partial charge in [0.15, 0.2) is 0 Å². The zero-order valence-electron chi connectivity index (χ0n) is 9.24. The van der Waals surface area contributed by atoms with Gasteiger partial charge in [-0.3, -0.25) is 0 Å². The summed E-state index contributed by atoms with van der Waals surface area (Å²) in [6.07, 6.45) is 2.53. The Balaban J connectivity index is 0. The fraction of sp³-hybridized carbons (Fsp3) is 1.00. The van der Waals surface area contributed by atoms with Crippen molar-refractivity contribution >= 4 is 0 Å². The molecule has 2 N–H and O–H groups in total. The molecule has 0 amide bonds. The average molecular weight is 174 g/mol. The lowest BCUT2D eigenvalue weighted by Gasteiger charge is -1.92. The fourth-order valence-electron chi connectivity index (χ4n) is 0.765. The highest BCUT2D eigenvalue weighted by Crippen LogP contribution is 1.75. The summed E-state index contributed by atoms with van der Waals surface area (Å²) in [5.41, 5.74) is 0. The van der Waals surface area contributed by atoms with Crippen LogP contribution in [0.1, 0.15) is 40.5 Å². The standard InChI is InChI=1S/C5H12N2.C3H8.C2H6/c1-2-6-4-5-7-3-1;1-3-2;1-2/h6-7H,1-5H2;3H2,1-2H3;1-2H3. The Morgan fingerprint density at radius 1 is 0.833 bits per heavy atom. The van der Waals surface area contributed by atoms with E-state index in [4.69, 9.17) is 0 Å². The molecule has 0 radical (unpaired) electrons. The number of hydrogen-bond donors (Lipinski definition) is 2. The van der Waals surface area contributed by atoms with Crippen LogP contribution in [0.5, 0.6) is 0 Å². The van der Waals surface area contributed by atoms with Crippen LogP contribution in [0.2, 0.25) is 0 Å². The molecule has 0 aromatic carbocycles. The molecular weight excluding hydrogens is 148 g/mol. The summed E-state index contributed by atoms with van der Waals surface area (Å²) >= 11 is 0. The molecular formula is C10H26N2. The van der Waals surface area contributed by atoms with Gasteiger partial charge >= 0.3 is 0 Å². The fourth-order valence-corrected chi connectivity index (χ4v) is 0.765. The first-order chi connectivity index (χ1) is 5.91. The van der Waals surface area contributed by atoms with E-state index in [1.54, 1.807) is 0 Å². The van der Waals surface area contributed by atoms with Crippen LogP contribution in [0.4, 0.5) is 0 Å². The highest BCUT2D eigenvalue weighted by atomic mass is 15.0. The zero-order chi connectivity index (χ0) is 9.66. The molecule has 1 aliphatic rings. The minimum Gasteiger partial charge on any atom is -0.315 e. The smallest absolute Gasteiger partial charge is 0.00767 e. The van der Waals surface area contributed by atoms with Gasteiger partial charge in [-0.2, -0.15) is 0 Å². The first-order valence-corrected chi connectivity index (χ1v) is 5.33. The Labute approximate surface area is 78.1 Å². The average Bonchev–Trinajstić information content (AvgIpc) is 2.40. The molecule has 0 aromatic rings. The summed E-state index contributed by atoms with van der Waals surface area (Å²) in [5.74, 6) is 0. The van der Waals surface area contributed by atoms with Crippen molar-refractivity contribution in [2.24, 2.45) is 0 Å². The van der Waals surface area contributed by atoms with E-state index in [9.17, 15) is 0 Å². The molecule has 1 saturated heterocycles. The summed E-state index contributed by atoms with van der Waals surface area (Å²) in [6.45, 7) is 12.9. The molecule has 0 atom stereocenters. The molecule has 0 aliphatic carbocycles. The maximum atomic E-state index is 3.28. The quantitative estimate of drug-likeness (QED) is 0.587. The molecule has 0 spiro atoms. The zero-order valence-corrected chi connectivity index (χ0v) is 9.24. The first-order valence-electron chi connectivity index (χ1n) is 5.33. The third-order valence-corrected chi connectivity index (χ3v) is 1.19. The van der Waals surface area contributed by atoms with E-state index in [0.717, 1.165) is 13.1 Å². The van der Waals surface area contributed by atoms with Gasteiger partial charge in [0.1, 0.15) is 0 Å². The number of rotatable bonds is 0. The van der Waals surface area contributed by atoms with Crippen molar-refractivity contribution in [1.29, 1.82) is 0 Å². The van der Waals surface area contributed by atoms with Gasteiger partial charge < -0.3 is 10.6 Å². The molecule has 2 nitrogen and oxygen atoms in total. The van der Waals surface area contributed by atoms with Gasteiger partial charge in [0.05, 0.1) is 0 Å². The molecule has 1 fully saturated rings. The Hall–Kier alpha value is -0.0800. The van der Waals surface area contributed by atoms with Crippen LogP contribution in [0.25, 0.3) is 0 Å². The molecule has 0 unspecified atom stereocenters. The Kier molecular flexibility index (Phi) is 20.6. The topological polar surface area (TPSA) is 24.1 Å². The SMILES string of the molecule is C1CNCCNC1.CC.CCC. The van der Waals surface area contributed by atoms with Crippen molar-refractivity contribution in [1.82, 2.24) is 10.6 Å². The van der Waals surface area contributed by atoms with Gasteiger partial charge in [-0.15, -0.1) is 0 Å². The Morgan fingerprint density at radius 3 is 1.50 bits per heavy atom. The van der Waals surface area contributed by atoms with Gasteiger partial charge in [0, 0.05) is 13.1 Å². The predicted octanol–water partition coefficient (Wildman–Crippen LogP) is 2.01. The predicted molar refractivity (Wildman–Crippen MR) is 57.7 cm³/mol. The van der Waals surface area contributed by atoms with Crippen molar-refractivity contribution in [2.75, 3.05) is 26.2 Å². The third kappa shape index (κ3) is 16.5. The monoisotopic (exact) mass is 174 g/mol. The minimum atomic E-state index is 1.14. The molecule has 1 aliphatic heterocycles. The van der Waals surface area contributed by atoms with Gasteiger partial charge in [-0.05, 0) is 19.5 Å². The number of hydrogen-bond acceptors (Lipinski definition) is 2. The van der Waals surface area contributed by atoms with Crippen LogP contribution in [0.3, 0.4) is 0 Å². The normalized spacial score (nSPS) is 16.0. The second kappa shape index (κ2) is 17.1. The third-order valence-electron chi connectivity index (χ3n) is 1.19. The molecule has 2 heteroatoms. The van der Waals surface area contributed by atoms with Crippen LogP contribution in [-0.4, -0.2) is 26.2 Å². The van der Waals surface area contributed by atoms with Crippen molar-refractivity contribution in [3.05, 3.63) is 0 Å². The maximum Gasteiger partial charge on any atom is 0.00767 e. The summed E-state index contributed by atoms with van der Waals surface area (Å²) in [6, 6.07) is 0. The van der Waals surface area contributed by atoms with E-state index in [2.05, 4.69) is 24.5 Å². The Morgan fingerprint density at radius 2 is 1.17 bits per heavy atom. The van der Waals surface area contributed by atoms with Crippen LogP contribution >= 0.6 is 0 Å². The van der Waals surface area contributed by atoms with Crippen molar-refractivity contribution in [3.8, 4) is 0 Å². The van der Waals surface area contributed by atoms with E-state index in [1.807, 2.05) is 13.8 Å². The molecule has 76 valence electrons. The lowest BCUT2D eigenvalue weighted by atomic mass is 10.4. The molecule has 1 heterocycles. The maximum absolute atomic E-state index is 3.28. The highest BCUT2D eigenvalue weighted by Gasteiger charge is 1.92. The summed E-state index contributed by atoms with van der Waals surface area (Å²) < 4.78 is 0. The molecule has 12 heavy (non-hydrogen) atoms. The van der Waals surface area contributed by atoms with E-state index in [1.165, 1.54) is 25.9 Å². The van der Waals surface area contributed by atoms with Gasteiger partial charge in [0.2, 0.25) is 0 Å². The van der Waals surface area contributed by atoms with E-state index < -0.39 is 0 Å². The lowest BCUT2D eigenvalue weighted by molar-refractivity contribution is 0.718. The Bertz CT molecular complexity index is 36.1. The van der Waals surface area contributed by atoms with Crippen molar-refractivity contribution in [2.45, 2.75) is 40.5 Å². The van der Waals surface area contributed by atoms with Crippen LogP contribution < -0.4 is 10.6 Å². The summed E-state index contributed by atoms with van der Waals surface area (Å²) in [4.78, 5) is 0. The molecule has 0 aromatic heterocycles. The van der Waals surface area contributed by atoms with E-state index in [-0.39, 0.29) is 0 Å². The lowest BCUT2D eigenvalue weighted by Crippen LogP contribution is -2.21. The van der Waals surface area contributed by atoms with Crippen LogP contribution in [0.15, 0.2) is 0 Å². The second-order valence-corrected chi connectivity index (χ2v) is 2.56. The van der Waals surface area contributed by atoms with E-state index in [0.29, 0.717) is 0 Å². The summed E-state index contributed by atoms with van der Waals surface area (Å²) in [7, 11) is 0. The molecule has 0 bridgehead atoms. The minimum absolute atomic E-state index is 1.14. The number of nitrogens with one attached hydrogen (secondary N) is 2. The van der Waals surface area contributed by atoms with Gasteiger partial charge in [-0.25, -0.2) is 0 Å². The first kappa shape index (κ1) is 14.4. The van der Waals surface area contributed by atoms with Crippen LogP contribution in [-0.2, 0) is 0 Å².